The van der Waals surface area contributed by atoms with Gasteiger partial charge in [0.1, 0.15) is 0 Å². The minimum atomic E-state index is -0.945. The van der Waals surface area contributed by atoms with Gasteiger partial charge in [-0.15, -0.1) is 0 Å². The number of amides is 3. The molecule has 1 rings (SSSR count). The summed E-state index contributed by atoms with van der Waals surface area (Å²) in [6.07, 6.45) is 0.728. The van der Waals surface area contributed by atoms with E-state index < -0.39 is 11.8 Å². The monoisotopic (exact) mass is 185 g/mol. The molecule has 0 unspecified atom stereocenters. The second-order valence-electron chi connectivity index (χ2n) is 2.80. The van der Waals surface area contributed by atoms with Gasteiger partial charge in [-0.25, -0.2) is 0 Å². The van der Waals surface area contributed by atoms with Crippen LogP contribution >= 0.6 is 0 Å². The lowest BCUT2D eigenvalue weighted by molar-refractivity contribution is -0.145. The highest BCUT2D eigenvalue weighted by Gasteiger charge is 2.23. The van der Waals surface area contributed by atoms with E-state index in [1.165, 1.54) is 4.90 Å². The first-order valence-corrected chi connectivity index (χ1v) is 3.93. The molecule has 0 atom stereocenters. The Morgan fingerprint density at radius 1 is 1.15 bits per heavy atom. The van der Waals surface area contributed by atoms with E-state index >= 15 is 0 Å². The molecule has 0 aromatic heterocycles. The van der Waals surface area contributed by atoms with Crippen LogP contribution in [0.2, 0.25) is 0 Å². The van der Waals surface area contributed by atoms with Crippen molar-refractivity contribution in [1.29, 1.82) is 0 Å². The van der Waals surface area contributed by atoms with Gasteiger partial charge >= 0.3 is 11.8 Å². The lowest BCUT2D eigenvalue weighted by atomic mass is 10.3. The van der Waals surface area contributed by atoms with Crippen molar-refractivity contribution in [3.8, 4) is 0 Å². The molecule has 1 aliphatic rings. The van der Waals surface area contributed by atoms with Gasteiger partial charge in [-0.1, -0.05) is 0 Å². The molecule has 1 heterocycles. The number of rotatable bonds is 1. The molecule has 1 aliphatic heterocycles. The van der Waals surface area contributed by atoms with Gasteiger partial charge in [-0.05, 0) is 0 Å². The van der Waals surface area contributed by atoms with Crippen LogP contribution in [0.4, 0.5) is 0 Å². The Hall–Kier alpha value is -1.59. The summed E-state index contributed by atoms with van der Waals surface area (Å²) < 4.78 is 0. The minimum Gasteiger partial charge on any atom is -0.361 e. The molecule has 13 heavy (non-hydrogen) atoms. The summed E-state index contributed by atoms with van der Waals surface area (Å²) in [5, 5.41) is 0. The summed E-state index contributed by atoms with van der Waals surface area (Å²) in [5.41, 5.74) is 4.82. The zero-order valence-corrected chi connectivity index (χ0v) is 7.10. The first kappa shape index (κ1) is 9.50. The smallest absolute Gasteiger partial charge is 0.311 e. The predicted octanol–water partition coefficient (Wildman–Crippen LogP) is -2.23. The van der Waals surface area contributed by atoms with E-state index in [2.05, 4.69) is 0 Å². The van der Waals surface area contributed by atoms with Crippen molar-refractivity contribution in [3.63, 3.8) is 0 Å². The fourth-order valence-corrected chi connectivity index (χ4v) is 1.19. The highest BCUT2D eigenvalue weighted by molar-refractivity contribution is 6.34. The standard InChI is InChI=1S/C7H11N3O3/c8-6(12)7(13)10-3-1-9(5-11)2-4-10/h5H,1-4H2,(H2,8,12). The van der Waals surface area contributed by atoms with E-state index in [0.29, 0.717) is 26.2 Å². The van der Waals surface area contributed by atoms with Gasteiger partial charge in [0.25, 0.3) is 0 Å². The van der Waals surface area contributed by atoms with E-state index in [9.17, 15) is 14.4 Å². The maximum Gasteiger partial charge on any atom is 0.311 e. The fraction of sp³-hybridized carbons (Fsp3) is 0.571. The average Bonchev–Trinajstić information content (AvgIpc) is 2.17. The first-order valence-electron chi connectivity index (χ1n) is 3.93. The fourth-order valence-electron chi connectivity index (χ4n) is 1.19. The summed E-state index contributed by atoms with van der Waals surface area (Å²) in [4.78, 5) is 34.7. The number of nitrogens with two attached hydrogens (primary N) is 1. The zero-order valence-electron chi connectivity index (χ0n) is 7.10. The molecular formula is C7H11N3O3. The molecule has 0 aliphatic carbocycles. The molecule has 1 fully saturated rings. The van der Waals surface area contributed by atoms with Crippen molar-refractivity contribution >= 4 is 18.2 Å². The molecule has 0 aromatic rings. The van der Waals surface area contributed by atoms with Crippen LogP contribution in [-0.4, -0.2) is 54.2 Å². The maximum absolute atomic E-state index is 11.0. The largest absolute Gasteiger partial charge is 0.361 e. The molecule has 72 valence electrons. The van der Waals surface area contributed by atoms with Crippen LogP contribution < -0.4 is 5.73 Å². The normalized spacial score (nSPS) is 16.9. The topological polar surface area (TPSA) is 83.7 Å². The number of piperazine rings is 1. The lowest BCUT2D eigenvalue weighted by Crippen LogP contribution is -2.51. The van der Waals surface area contributed by atoms with E-state index in [1.54, 1.807) is 4.90 Å². The third kappa shape index (κ3) is 2.17. The summed E-state index contributed by atoms with van der Waals surface area (Å²) in [7, 11) is 0. The van der Waals surface area contributed by atoms with Crippen LogP contribution in [-0.2, 0) is 14.4 Å². The maximum atomic E-state index is 11.0. The SMILES string of the molecule is NC(=O)C(=O)N1CCN(C=O)CC1. The van der Waals surface area contributed by atoms with Crippen molar-refractivity contribution in [2.24, 2.45) is 5.73 Å². The van der Waals surface area contributed by atoms with Crippen molar-refractivity contribution in [2.75, 3.05) is 26.2 Å². The second-order valence-corrected chi connectivity index (χ2v) is 2.80. The van der Waals surface area contributed by atoms with Gasteiger partial charge in [0.2, 0.25) is 6.41 Å². The Labute approximate surface area is 75.3 Å². The molecule has 3 amide bonds. The molecule has 0 spiro atoms. The van der Waals surface area contributed by atoms with Crippen molar-refractivity contribution in [3.05, 3.63) is 0 Å². The van der Waals surface area contributed by atoms with Gasteiger partial charge in [-0.3, -0.25) is 14.4 Å². The Balaban J connectivity index is 2.45. The van der Waals surface area contributed by atoms with E-state index in [-0.39, 0.29) is 0 Å². The lowest BCUT2D eigenvalue weighted by Gasteiger charge is -2.31. The van der Waals surface area contributed by atoms with Gasteiger partial charge in [0.15, 0.2) is 0 Å². The van der Waals surface area contributed by atoms with Gasteiger partial charge in [0, 0.05) is 26.2 Å². The van der Waals surface area contributed by atoms with Crippen molar-refractivity contribution < 1.29 is 14.4 Å². The summed E-state index contributed by atoms with van der Waals surface area (Å²) in [6.45, 7) is 1.67. The molecule has 6 nitrogen and oxygen atoms in total. The molecular weight excluding hydrogens is 174 g/mol. The highest BCUT2D eigenvalue weighted by atomic mass is 16.2. The van der Waals surface area contributed by atoms with E-state index in [1.807, 2.05) is 0 Å². The third-order valence-electron chi connectivity index (χ3n) is 1.96. The molecule has 6 heteroatoms. The van der Waals surface area contributed by atoms with Crippen LogP contribution in [0, 0.1) is 0 Å². The van der Waals surface area contributed by atoms with Crippen LogP contribution in [0.15, 0.2) is 0 Å². The number of carbonyl (C=O) groups excluding carboxylic acids is 3. The zero-order chi connectivity index (χ0) is 9.84. The molecule has 2 N–H and O–H groups in total. The molecule has 0 aromatic carbocycles. The predicted molar refractivity (Wildman–Crippen MR) is 43.4 cm³/mol. The number of hydrogen-bond acceptors (Lipinski definition) is 3. The summed E-state index contributed by atoms with van der Waals surface area (Å²) in [6, 6.07) is 0. The van der Waals surface area contributed by atoms with Crippen LogP contribution in [0.25, 0.3) is 0 Å². The first-order chi connectivity index (χ1) is 6.15. The minimum absolute atomic E-state index is 0.376. The van der Waals surface area contributed by atoms with Crippen LogP contribution in [0.5, 0.6) is 0 Å². The highest BCUT2D eigenvalue weighted by Crippen LogP contribution is 1.99. The molecule has 0 radical (unpaired) electrons. The Morgan fingerprint density at radius 2 is 1.69 bits per heavy atom. The number of hydrogen-bond donors (Lipinski definition) is 1. The van der Waals surface area contributed by atoms with Crippen molar-refractivity contribution in [2.45, 2.75) is 0 Å². The molecule has 0 saturated carbocycles. The third-order valence-corrected chi connectivity index (χ3v) is 1.96. The van der Waals surface area contributed by atoms with E-state index in [4.69, 9.17) is 5.73 Å². The number of primary amides is 1. The second kappa shape index (κ2) is 3.88. The molecule has 1 saturated heterocycles. The number of nitrogens with zero attached hydrogens (tertiary/aromatic N) is 2. The Kier molecular flexibility index (Phi) is 2.84. The Bertz CT molecular complexity index is 233. The van der Waals surface area contributed by atoms with E-state index in [0.717, 1.165) is 6.41 Å². The van der Waals surface area contributed by atoms with Gasteiger partial charge in [0.05, 0.1) is 0 Å². The summed E-state index contributed by atoms with van der Waals surface area (Å²) >= 11 is 0. The summed E-state index contributed by atoms with van der Waals surface area (Å²) in [5.74, 6) is -1.62. The van der Waals surface area contributed by atoms with Crippen LogP contribution in [0.3, 0.4) is 0 Å². The molecule has 0 bridgehead atoms. The van der Waals surface area contributed by atoms with Gasteiger partial charge < -0.3 is 15.5 Å². The van der Waals surface area contributed by atoms with Crippen molar-refractivity contribution in [1.82, 2.24) is 9.80 Å². The van der Waals surface area contributed by atoms with Gasteiger partial charge in [-0.2, -0.15) is 0 Å². The quantitative estimate of drug-likeness (QED) is 0.370. The number of carbonyl (C=O) groups is 3. The Morgan fingerprint density at radius 3 is 2.08 bits per heavy atom. The van der Waals surface area contributed by atoms with Crippen LogP contribution in [0.1, 0.15) is 0 Å². The average molecular weight is 185 g/mol.